The highest BCUT2D eigenvalue weighted by atomic mass is 16.6. The average molecular weight is 319 g/mol. The minimum atomic E-state index is -0.446. The lowest BCUT2D eigenvalue weighted by Crippen LogP contribution is -2.44. The van der Waals surface area contributed by atoms with E-state index in [2.05, 4.69) is 26.0 Å². The van der Waals surface area contributed by atoms with Crippen molar-refractivity contribution in [1.82, 2.24) is 4.90 Å². The van der Waals surface area contributed by atoms with Crippen LogP contribution in [0.2, 0.25) is 0 Å². The largest absolute Gasteiger partial charge is 0.493 e. The van der Waals surface area contributed by atoms with Crippen LogP contribution in [0, 0.1) is 19.8 Å². The lowest BCUT2D eigenvalue weighted by molar-refractivity contribution is 0.0139. The number of carbonyl (C=O) groups excluding carboxylic acids is 1. The molecule has 0 spiro atoms. The van der Waals surface area contributed by atoms with Gasteiger partial charge in [-0.2, -0.15) is 0 Å². The van der Waals surface area contributed by atoms with Crippen LogP contribution < -0.4 is 4.74 Å². The zero-order valence-corrected chi connectivity index (χ0v) is 15.0. The Morgan fingerprint density at radius 2 is 1.91 bits per heavy atom. The van der Waals surface area contributed by atoms with E-state index in [9.17, 15) is 4.79 Å². The first-order valence-electron chi connectivity index (χ1n) is 8.43. The molecule has 4 nitrogen and oxygen atoms in total. The van der Waals surface area contributed by atoms with E-state index in [1.54, 1.807) is 0 Å². The van der Waals surface area contributed by atoms with Crippen LogP contribution in [-0.2, 0) is 4.74 Å². The number of aryl methyl sites for hydroxylation is 2. The summed E-state index contributed by atoms with van der Waals surface area (Å²) < 4.78 is 11.5. The topological polar surface area (TPSA) is 38.8 Å². The van der Waals surface area contributed by atoms with Gasteiger partial charge in [-0.25, -0.2) is 4.79 Å². The van der Waals surface area contributed by atoms with Crippen molar-refractivity contribution in [2.24, 2.45) is 5.92 Å². The van der Waals surface area contributed by atoms with Gasteiger partial charge in [0.2, 0.25) is 0 Å². The maximum absolute atomic E-state index is 12.2. The summed E-state index contributed by atoms with van der Waals surface area (Å²) in [7, 11) is 0. The number of piperidine rings is 1. The molecule has 0 bridgehead atoms. The van der Waals surface area contributed by atoms with Crippen LogP contribution in [0.25, 0.3) is 0 Å². The van der Waals surface area contributed by atoms with Gasteiger partial charge in [0.15, 0.2) is 0 Å². The molecule has 0 radical (unpaired) electrons. The molecular weight excluding hydrogens is 290 g/mol. The van der Waals surface area contributed by atoms with Crippen LogP contribution in [0.3, 0.4) is 0 Å². The van der Waals surface area contributed by atoms with Gasteiger partial charge in [0, 0.05) is 19.0 Å². The molecule has 1 heterocycles. The van der Waals surface area contributed by atoms with Crippen LogP contribution in [0.15, 0.2) is 18.2 Å². The second-order valence-electron chi connectivity index (χ2n) is 7.47. The molecule has 0 unspecified atom stereocenters. The van der Waals surface area contributed by atoms with E-state index >= 15 is 0 Å². The van der Waals surface area contributed by atoms with Crippen molar-refractivity contribution >= 4 is 6.09 Å². The molecule has 128 valence electrons. The maximum atomic E-state index is 12.2. The molecule has 2 rings (SSSR count). The molecule has 0 saturated carbocycles. The van der Waals surface area contributed by atoms with Gasteiger partial charge in [0.05, 0.1) is 6.61 Å². The molecule has 4 heteroatoms. The fraction of sp³-hybridized carbons (Fsp3) is 0.632. The molecule has 1 fully saturated rings. The van der Waals surface area contributed by atoms with Gasteiger partial charge in [0.25, 0.3) is 0 Å². The van der Waals surface area contributed by atoms with E-state index in [0.29, 0.717) is 19.1 Å². The molecule has 1 aromatic carbocycles. The minimum absolute atomic E-state index is 0.214. The second kappa shape index (κ2) is 7.24. The highest BCUT2D eigenvalue weighted by Crippen LogP contribution is 2.25. The first kappa shape index (κ1) is 17.6. The number of hydrogen-bond acceptors (Lipinski definition) is 3. The number of benzene rings is 1. The number of carbonyl (C=O) groups is 1. The van der Waals surface area contributed by atoms with E-state index in [0.717, 1.165) is 36.3 Å². The highest BCUT2D eigenvalue weighted by molar-refractivity contribution is 5.68. The fourth-order valence-corrected chi connectivity index (χ4v) is 2.92. The standard InChI is InChI=1S/C19H29NO3/c1-14-8-6-9-15(2)17(14)22-13-16-10-7-11-20(12-16)18(21)23-19(3,4)5/h6,8-9,16H,7,10-13H2,1-5H3/t16-/m0/s1. The normalized spacial score (nSPS) is 18.7. The zero-order chi connectivity index (χ0) is 17.0. The SMILES string of the molecule is Cc1cccc(C)c1OC[C@H]1CCCN(C(=O)OC(C)(C)C)C1. The number of ether oxygens (including phenoxy) is 2. The number of hydrogen-bond donors (Lipinski definition) is 0. The first-order chi connectivity index (χ1) is 10.8. The average Bonchev–Trinajstić information content (AvgIpc) is 2.45. The Morgan fingerprint density at radius 3 is 2.52 bits per heavy atom. The van der Waals surface area contributed by atoms with Gasteiger partial charge in [-0.15, -0.1) is 0 Å². The summed E-state index contributed by atoms with van der Waals surface area (Å²) >= 11 is 0. The van der Waals surface area contributed by atoms with Gasteiger partial charge < -0.3 is 14.4 Å². The smallest absolute Gasteiger partial charge is 0.410 e. The number of rotatable bonds is 3. The first-order valence-corrected chi connectivity index (χ1v) is 8.43. The third-order valence-electron chi connectivity index (χ3n) is 4.04. The summed E-state index contributed by atoms with van der Waals surface area (Å²) in [5.74, 6) is 1.33. The van der Waals surface area contributed by atoms with Crippen LogP contribution in [0.1, 0.15) is 44.7 Å². The van der Waals surface area contributed by atoms with Crippen molar-refractivity contribution in [3.05, 3.63) is 29.3 Å². The molecule has 0 N–H and O–H groups in total. The van der Waals surface area contributed by atoms with Gasteiger partial charge in [0.1, 0.15) is 11.4 Å². The van der Waals surface area contributed by atoms with Gasteiger partial charge in [-0.05, 0) is 58.6 Å². The number of nitrogens with zero attached hydrogens (tertiary/aromatic N) is 1. The monoisotopic (exact) mass is 319 g/mol. The minimum Gasteiger partial charge on any atom is -0.493 e. The van der Waals surface area contributed by atoms with E-state index in [4.69, 9.17) is 9.47 Å². The summed E-state index contributed by atoms with van der Waals surface area (Å²) in [4.78, 5) is 14.0. The molecule has 1 aliphatic heterocycles. The molecule has 0 aliphatic carbocycles. The molecule has 23 heavy (non-hydrogen) atoms. The Balaban J connectivity index is 1.90. The number of likely N-dealkylation sites (tertiary alicyclic amines) is 1. The third kappa shape index (κ3) is 5.15. The van der Waals surface area contributed by atoms with E-state index in [1.807, 2.05) is 31.7 Å². The van der Waals surface area contributed by atoms with Crippen LogP contribution in [0.4, 0.5) is 4.79 Å². The summed E-state index contributed by atoms with van der Waals surface area (Å²) in [6.45, 7) is 12.0. The lowest BCUT2D eigenvalue weighted by Gasteiger charge is -2.34. The summed E-state index contributed by atoms with van der Waals surface area (Å²) in [5, 5.41) is 0. The number of amides is 1. The highest BCUT2D eigenvalue weighted by Gasteiger charge is 2.28. The zero-order valence-electron chi connectivity index (χ0n) is 15.0. The third-order valence-corrected chi connectivity index (χ3v) is 4.04. The van der Waals surface area contributed by atoms with Gasteiger partial charge in [-0.3, -0.25) is 0 Å². The van der Waals surface area contributed by atoms with Gasteiger partial charge >= 0.3 is 6.09 Å². The Labute approximate surface area is 139 Å². The van der Waals surface area contributed by atoms with Crippen molar-refractivity contribution < 1.29 is 14.3 Å². The Kier molecular flexibility index (Phi) is 5.55. The predicted molar refractivity (Wildman–Crippen MR) is 91.9 cm³/mol. The molecule has 1 aliphatic rings. The summed E-state index contributed by atoms with van der Waals surface area (Å²) in [5.41, 5.74) is 1.87. The van der Waals surface area contributed by atoms with Crippen LogP contribution >= 0.6 is 0 Å². The predicted octanol–water partition coefficient (Wildman–Crippen LogP) is 4.33. The van der Waals surface area contributed by atoms with E-state index < -0.39 is 5.60 Å². The second-order valence-corrected chi connectivity index (χ2v) is 7.47. The fourth-order valence-electron chi connectivity index (χ4n) is 2.92. The van der Waals surface area contributed by atoms with Crippen LogP contribution in [-0.4, -0.2) is 36.3 Å². The Morgan fingerprint density at radius 1 is 1.26 bits per heavy atom. The van der Waals surface area contributed by atoms with E-state index in [1.165, 1.54) is 0 Å². The van der Waals surface area contributed by atoms with Gasteiger partial charge in [-0.1, -0.05) is 18.2 Å². The van der Waals surface area contributed by atoms with Crippen molar-refractivity contribution in [2.45, 2.75) is 53.1 Å². The number of para-hydroxylation sites is 1. The molecule has 1 saturated heterocycles. The summed E-state index contributed by atoms with van der Waals surface area (Å²) in [6, 6.07) is 6.18. The molecule has 1 aromatic rings. The van der Waals surface area contributed by atoms with E-state index in [-0.39, 0.29) is 6.09 Å². The molecule has 1 atom stereocenters. The molecular formula is C19H29NO3. The van der Waals surface area contributed by atoms with Crippen molar-refractivity contribution in [3.8, 4) is 5.75 Å². The maximum Gasteiger partial charge on any atom is 0.410 e. The van der Waals surface area contributed by atoms with Crippen molar-refractivity contribution in [1.29, 1.82) is 0 Å². The van der Waals surface area contributed by atoms with Crippen molar-refractivity contribution in [2.75, 3.05) is 19.7 Å². The lowest BCUT2D eigenvalue weighted by atomic mass is 9.99. The Hall–Kier alpha value is -1.71. The quantitative estimate of drug-likeness (QED) is 0.832. The molecule has 0 aromatic heterocycles. The summed E-state index contributed by atoms with van der Waals surface area (Å²) in [6.07, 6.45) is 1.87. The van der Waals surface area contributed by atoms with Crippen molar-refractivity contribution in [3.63, 3.8) is 0 Å². The Bertz CT molecular complexity index is 528. The van der Waals surface area contributed by atoms with Crippen LogP contribution in [0.5, 0.6) is 5.75 Å². The molecule has 1 amide bonds.